The highest BCUT2D eigenvalue weighted by atomic mass is 35.5. The highest BCUT2D eigenvalue weighted by Gasteiger charge is 2.19. The normalized spacial score (nSPS) is 11.4. The lowest BCUT2D eigenvalue weighted by Gasteiger charge is -2.05. The molecule has 0 spiro atoms. The Morgan fingerprint density at radius 1 is 1.52 bits per heavy atom. The van der Waals surface area contributed by atoms with Crippen molar-refractivity contribution in [2.75, 3.05) is 12.4 Å². The maximum absolute atomic E-state index is 11.1. The molecule has 1 aromatic heterocycles. The van der Waals surface area contributed by atoms with Crippen molar-refractivity contribution in [2.24, 2.45) is 0 Å². The first-order valence-electron chi connectivity index (χ1n) is 6.48. The SMILES string of the molecule is CC(C)SCCOCn1cc2c([N+](=O)[O-])c(Cl)ccc2n1. The van der Waals surface area contributed by atoms with Crippen LogP contribution in [0.1, 0.15) is 13.8 Å². The number of benzene rings is 1. The van der Waals surface area contributed by atoms with Crippen LogP contribution in [0.3, 0.4) is 0 Å². The van der Waals surface area contributed by atoms with Crippen molar-refractivity contribution in [3.8, 4) is 0 Å². The van der Waals surface area contributed by atoms with Gasteiger partial charge in [0, 0.05) is 11.9 Å². The van der Waals surface area contributed by atoms with Crippen LogP contribution in [0.15, 0.2) is 18.3 Å². The van der Waals surface area contributed by atoms with Gasteiger partial charge in [0.15, 0.2) is 0 Å². The van der Waals surface area contributed by atoms with Crippen molar-refractivity contribution in [3.63, 3.8) is 0 Å². The summed E-state index contributed by atoms with van der Waals surface area (Å²) < 4.78 is 7.06. The molecule has 0 aliphatic heterocycles. The Labute approximate surface area is 131 Å². The summed E-state index contributed by atoms with van der Waals surface area (Å²) in [6.07, 6.45) is 1.59. The topological polar surface area (TPSA) is 70.2 Å². The molecule has 0 saturated heterocycles. The molecule has 0 radical (unpaired) electrons. The number of nitrogens with zero attached hydrogens (tertiary/aromatic N) is 3. The molecule has 0 N–H and O–H groups in total. The van der Waals surface area contributed by atoms with Gasteiger partial charge in [-0.2, -0.15) is 16.9 Å². The van der Waals surface area contributed by atoms with Crippen LogP contribution in [-0.2, 0) is 11.5 Å². The van der Waals surface area contributed by atoms with E-state index in [9.17, 15) is 10.1 Å². The van der Waals surface area contributed by atoms with Crippen LogP contribution in [0.5, 0.6) is 0 Å². The second-order valence-electron chi connectivity index (χ2n) is 4.71. The van der Waals surface area contributed by atoms with Gasteiger partial charge >= 0.3 is 0 Å². The fourth-order valence-electron chi connectivity index (χ4n) is 1.85. The van der Waals surface area contributed by atoms with E-state index in [0.29, 0.717) is 22.8 Å². The monoisotopic (exact) mass is 329 g/mol. The molecule has 2 aromatic rings. The zero-order valence-electron chi connectivity index (χ0n) is 11.8. The molecule has 6 nitrogen and oxygen atoms in total. The van der Waals surface area contributed by atoms with Crippen molar-refractivity contribution >= 4 is 40.0 Å². The molecule has 0 fully saturated rings. The second-order valence-corrected chi connectivity index (χ2v) is 6.80. The van der Waals surface area contributed by atoms with Crippen LogP contribution in [0.4, 0.5) is 5.69 Å². The first kappa shape index (κ1) is 16.1. The van der Waals surface area contributed by atoms with Gasteiger partial charge in [-0.3, -0.25) is 10.1 Å². The third-order valence-corrected chi connectivity index (χ3v) is 4.12. The van der Waals surface area contributed by atoms with Crippen LogP contribution in [-0.4, -0.2) is 32.3 Å². The van der Waals surface area contributed by atoms with Gasteiger partial charge in [0.2, 0.25) is 0 Å². The minimum absolute atomic E-state index is 0.112. The Bertz CT molecular complexity index is 645. The Morgan fingerprint density at radius 3 is 2.95 bits per heavy atom. The number of nitro groups is 1. The van der Waals surface area contributed by atoms with Gasteiger partial charge in [-0.15, -0.1) is 0 Å². The van der Waals surface area contributed by atoms with E-state index in [1.165, 1.54) is 6.07 Å². The summed E-state index contributed by atoms with van der Waals surface area (Å²) in [7, 11) is 0. The summed E-state index contributed by atoms with van der Waals surface area (Å²) in [6.45, 7) is 5.14. The minimum atomic E-state index is -0.489. The highest BCUT2D eigenvalue weighted by Crippen LogP contribution is 2.32. The van der Waals surface area contributed by atoms with Crippen LogP contribution < -0.4 is 0 Å². The van der Waals surface area contributed by atoms with Gasteiger partial charge in [-0.25, -0.2) is 4.68 Å². The molecule has 0 aliphatic carbocycles. The van der Waals surface area contributed by atoms with Crippen molar-refractivity contribution in [1.82, 2.24) is 9.78 Å². The number of hydrogen-bond donors (Lipinski definition) is 0. The summed E-state index contributed by atoms with van der Waals surface area (Å²) in [4.78, 5) is 10.6. The lowest BCUT2D eigenvalue weighted by Crippen LogP contribution is -2.06. The quantitative estimate of drug-likeness (QED) is 0.440. The molecular weight excluding hydrogens is 314 g/mol. The van der Waals surface area contributed by atoms with E-state index in [-0.39, 0.29) is 17.4 Å². The first-order chi connectivity index (χ1) is 9.99. The highest BCUT2D eigenvalue weighted by molar-refractivity contribution is 7.99. The van der Waals surface area contributed by atoms with Crippen LogP contribution in [0.25, 0.3) is 10.9 Å². The van der Waals surface area contributed by atoms with E-state index >= 15 is 0 Å². The van der Waals surface area contributed by atoms with Gasteiger partial charge in [0.05, 0.1) is 22.4 Å². The molecule has 21 heavy (non-hydrogen) atoms. The summed E-state index contributed by atoms with van der Waals surface area (Å²) in [6, 6.07) is 3.15. The average molecular weight is 330 g/mol. The fourth-order valence-corrected chi connectivity index (χ4v) is 2.77. The summed E-state index contributed by atoms with van der Waals surface area (Å²) in [5.74, 6) is 0.907. The maximum Gasteiger partial charge on any atom is 0.298 e. The van der Waals surface area contributed by atoms with Crippen LogP contribution >= 0.6 is 23.4 Å². The van der Waals surface area contributed by atoms with Gasteiger partial charge in [-0.05, 0) is 17.4 Å². The van der Waals surface area contributed by atoms with Gasteiger partial charge in [0.25, 0.3) is 5.69 Å². The number of aromatic nitrogens is 2. The van der Waals surface area contributed by atoms with Gasteiger partial charge in [-0.1, -0.05) is 25.4 Å². The zero-order valence-corrected chi connectivity index (χ0v) is 13.4. The summed E-state index contributed by atoms with van der Waals surface area (Å²) in [5, 5.41) is 16.4. The molecule has 0 amide bonds. The first-order valence-corrected chi connectivity index (χ1v) is 7.91. The second kappa shape index (κ2) is 7.11. The molecule has 1 heterocycles. The lowest BCUT2D eigenvalue weighted by atomic mass is 10.2. The third kappa shape index (κ3) is 4.09. The number of hydrogen-bond acceptors (Lipinski definition) is 5. The average Bonchev–Trinajstić information content (AvgIpc) is 2.79. The van der Waals surface area contributed by atoms with E-state index in [1.807, 2.05) is 11.8 Å². The van der Waals surface area contributed by atoms with Crippen molar-refractivity contribution in [1.29, 1.82) is 0 Å². The molecule has 1 aromatic carbocycles. The number of halogens is 1. The standard InChI is InChI=1S/C13H16ClN3O3S/c1-9(2)21-6-5-20-8-16-7-10-12(15-16)4-3-11(14)13(10)17(18)19/h3-4,7,9H,5-6,8H2,1-2H3. The van der Waals surface area contributed by atoms with Crippen molar-refractivity contribution < 1.29 is 9.66 Å². The molecule has 114 valence electrons. The number of nitro benzene ring substituents is 1. The third-order valence-electron chi connectivity index (χ3n) is 2.74. The van der Waals surface area contributed by atoms with Crippen LogP contribution in [0.2, 0.25) is 5.02 Å². The molecule has 0 atom stereocenters. The van der Waals surface area contributed by atoms with Gasteiger partial charge < -0.3 is 4.74 Å². The number of fused-ring (bicyclic) bond motifs is 1. The smallest absolute Gasteiger partial charge is 0.298 e. The Hall–Kier alpha value is -1.31. The van der Waals surface area contributed by atoms with E-state index < -0.39 is 4.92 Å². The van der Waals surface area contributed by atoms with E-state index in [0.717, 1.165) is 5.75 Å². The Morgan fingerprint density at radius 2 is 2.29 bits per heavy atom. The van der Waals surface area contributed by atoms with Crippen molar-refractivity contribution in [3.05, 3.63) is 33.5 Å². The predicted molar refractivity (Wildman–Crippen MR) is 84.9 cm³/mol. The predicted octanol–water partition coefficient (Wildman–Crippen LogP) is 3.71. The largest absolute Gasteiger partial charge is 0.358 e. The van der Waals surface area contributed by atoms with E-state index in [4.69, 9.17) is 16.3 Å². The summed E-state index contributed by atoms with van der Waals surface area (Å²) in [5.41, 5.74) is 0.419. The molecule has 0 bridgehead atoms. The number of thioether (sulfide) groups is 1. The Balaban J connectivity index is 2.06. The lowest BCUT2D eigenvalue weighted by molar-refractivity contribution is -0.382. The number of ether oxygens (including phenoxy) is 1. The summed E-state index contributed by atoms with van der Waals surface area (Å²) >= 11 is 7.69. The van der Waals surface area contributed by atoms with E-state index in [1.54, 1.807) is 16.9 Å². The van der Waals surface area contributed by atoms with E-state index in [2.05, 4.69) is 18.9 Å². The molecule has 0 aliphatic rings. The number of rotatable bonds is 7. The fraction of sp³-hybridized carbons (Fsp3) is 0.462. The molecule has 0 unspecified atom stereocenters. The van der Waals surface area contributed by atoms with Crippen molar-refractivity contribution in [2.45, 2.75) is 25.8 Å². The molecular formula is C13H16ClN3O3S. The zero-order chi connectivity index (χ0) is 15.4. The van der Waals surface area contributed by atoms with Gasteiger partial charge in [0.1, 0.15) is 11.8 Å². The molecule has 2 rings (SSSR count). The molecule has 8 heteroatoms. The maximum atomic E-state index is 11.1. The molecule has 0 saturated carbocycles. The minimum Gasteiger partial charge on any atom is -0.358 e. The Kier molecular flexibility index (Phi) is 5.44. The van der Waals surface area contributed by atoms with Crippen LogP contribution in [0, 0.1) is 10.1 Å².